The summed E-state index contributed by atoms with van der Waals surface area (Å²) in [6.07, 6.45) is 7.14. The first-order chi connectivity index (χ1) is 12.6. The number of hydrogen-bond acceptors (Lipinski definition) is 6. The second-order valence-corrected chi connectivity index (χ2v) is 7.74. The molecule has 144 valence electrons. The molecule has 7 heteroatoms. The average Bonchev–Trinajstić information content (AvgIpc) is 2.67. The van der Waals surface area contributed by atoms with Crippen LogP contribution < -0.4 is 10.2 Å². The molecule has 3 rings (SSSR count). The first-order valence-corrected chi connectivity index (χ1v) is 9.74. The predicted octanol–water partition coefficient (Wildman–Crippen LogP) is 1.17. The third kappa shape index (κ3) is 5.38. The Kier molecular flexibility index (Phi) is 6.80. The summed E-state index contributed by atoms with van der Waals surface area (Å²) in [7, 11) is 0. The fourth-order valence-electron chi connectivity index (χ4n) is 3.80. The van der Waals surface area contributed by atoms with Gasteiger partial charge in [0.2, 0.25) is 5.91 Å². The lowest BCUT2D eigenvalue weighted by molar-refractivity contribution is -0.126. The fourth-order valence-corrected chi connectivity index (χ4v) is 3.80. The zero-order valence-electron chi connectivity index (χ0n) is 15.9. The Balaban J connectivity index is 1.45. The van der Waals surface area contributed by atoms with Crippen LogP contribution in [-0.4, -0.2) is 72.8 Å². The molecule has 26 heavy (non-hydrogen) atoms. The number of piperidine rings is 1. The van der Waals surface area contributed by atoms with Crippen molar-refractivity contribution in [3.63, 3.8) is 0 Å². The SMILES string of the molecule is CC(C)CN1CCOC(CNC(=O)C2CCCN(c3cnccn3)C2)C1. The van der Waals surface area contributed by atoms with E-state index in [1.165, 1.54) is 0 Å². The van der Waals surface area contributed by atoms with Crippen molar-refractivity contribution in [1.29, 1.82) is 0 Å². The number of carbonyl (C=O) groups is 1. The maximum absolute atomic E-state index is 12.6. The number of morpholine rings is 1. The molecule has 2 atom stereocenters. The van der Waals surface area contributed by atoms with Gasteiger partial charge in [0.15, 0.2) is 0 Å². The highest BCUT2D eigenvalue weighted by atomic mass is 16.5. The Labute approximate surface area is 156 Å². The Morgan fingerprint density at radius 2 is 2.23 bits per heavy atom. The van der Waals surface area contributed by atoms with Crippen LogP contribution in [0.15, 0.2) is 18.6 Å². The summed E-state index contributed by atoms with van der Waals surface area (Å²) in [5.74, 6) is 1.63. The molecule has 3 heterocycles. The minimum atomic E-state index is 0.00103. The van der Waals surface area contributed by atoms with Gasteiger partial charge in [-0.05, 0) is 18.8 Å². The van der Waals surface area contributed by atoms with Crippen LogP contribution in [0.3, 0.4) is 0 Å². The van der Waals surface area contributed by atoms with Gasteiger partial charge in [-0.1, -0.05) is 13.8 Å². The maximum Gasteiger partial charge on any atom is 0.224 e. The van der Waals surface area contributed by atoms with Crippen molar-refractivity contribution < 1.29 is 9.53 Å². The Bertz CT molecular complexity index is 568. The molecule has 2 fully saturated rings. The first kappa shape index (κ1) is 19.0. The predicted molar refractivity (Wildman–Crippen MR) is 101 cm³/mol. The molecule has 0 saturated carbocycles. The minimum Gasteiger partial charge on any atom is -0.374 e. The number of amides is 1. The van der Waals surface area contributed by atoms with Crippen molar-refractivity contribution in [2.45, 2.75) is 32.8 Å². The molecule has 1 N–H and O–H groups in total. The molecule has 0 spiro atoms. The molecule has 7 nitrogen and oxygen atoms in total. The van der Waals surface area contributed by atoms with Gasteiger partial charge in [0, 0.05) is 51.7 Å². The molecule has 2 aliphatic heterocycles. The minimum absolute atomic E-state index is 0.00103. The van der Waals surface area contributed by atoms with E-state index >= 15 is 0 Å². The Morgan fingerprint density at radius 3 is 3.00 bits per heavy atom. The van der Waals surface area contributed by atoms with Gasteiger partial charge >= 0.3 is 0 Å². The second-order valence-electron chi connectivity index (χ2n) is 7.74. The van der Waals surface area contributed by atoms with E-state index in [1.54, 1.807) is 18.6 Å². The normalized spacial score (nSPS) is 24.7. The third-order valence-electron chi connectivity index (χ3n) is 5.02. The molecule has 1 amide bonds. The molecule has 2 aliphatic rings. The van der Waals surface area contributed by atoms with Crippen molar-refractivity contribution in [3.8, 4) is 0 Å². The van der Waals surface area contributed by atoms with Crippen LogP contribution in [0.2, 0.25) is 0 Å². The highest BCUT2D eigenvalue weighted by Crippen LogP contribution is 2.21. The molecule has 0 bridgehead atoms. The van der Waals surface area contributed by atoms with Crippen LogP contribution >= 0.6 is 0 Å². The van der Waals surface area contributed by atoms with Crippen LogP contribution in [0, 0.1) is 11.8 Å². The van der Waals surface area contributed by atoms with E-state index in [0.717, 1.165) is 51.4 Å². The Hall–Kier alpha value is -1.73. The molecular weight excluding hydrogens is 330 g/mol. The quantitative estimate of drug-likeness (QED) is 0.820. The van der Waals surface area contributed by atoms with Crippen LogP contribution in [0.25, 0.3) is 0 Å². The van der Waals surface area contributed by atoms with Gasteiger partial charge in [-0.2, -0.15) is 0 Å². The molecule has 0 aliphatic carbocycles. The first-order valence-electron chi connectivity index (χ1n) is 9.74. The number of aromatic nitrogens is 2. The molecule has 2 saturated heterocycles. The number of nitrogens with zero attached hydrogens (tertiary/aromatic N) is 4. The highest BCUT2D eigenvalue weighted by Gasteiger charge is 2.28. The summed E-state index contributed by atoms with van der Waals surface area (Å²) in [5, 5.41) is 3.11. The number of ether oxygens (including phenoxy) is 1. The molecular formula is C19H31N5O2. The van der Waals surface area contributed by atoms with Gasteiger partial charge in [0.25, 0.3) is 0 Å². The van der Waals surface area contributed by atoms with Gasteiger partial charge in [0.05, 0.1) is 24.8 Å². The van der Waals surface area contributed by atoms with E-state index in [-0.39, 0.29) is 17.9 Å². The van der Waals surface area contributed by atoms with Crippen LogP contribution in [0.1, 0.15) is 26.7 Å². The second kappa shape index (κ2) is 9.28. The lowest BCUT2D eigenvalue weighted by Crippen LogP contribution is -2.50. The van der Waals surface area contributed by atoms with E-state index in [9.17, 15) is 4.79 Å². The van der Waals surface area contributed by atoms with E-state index < -0.39 is 0 Å². The van der Waals surface area contributed by atoms with Gasteiger partial charge < -0.3 is 15.0 Å². The van der Waals surface area contributed by atoms with E-state index in [1.807, 2.05) is 0 Å². The zero-order valence-corrected chi connectivity index (χ0v) is 15.9. The number of rotatable bonds is 6. The molecule has 0 aromatic carbocycles. The van der Waals surface area contributed by atoms with Crippen molar-refractivity contribution >= 4 is 11.7 Å². The number of carbonyl (C=O) groups excluding carboxylic acids is 1. The summed E-state index contributed by atoms with van der Waals surface area (Å²) in [4.78, 5) is 25.7. The van der Waals surface area contributed by atoms with Gasteiger partial charge in [0.1, 0.15) is 5.82 Å². The van der Waals surface area contributed by atoms with E-state index in [0.29, 0.717) is 19.0 Å². The lowest BCUT2D eigenvalue weighted by atomic mass is 9.97. The monoisotopic (exact) mass is 361 g/mol. The van der Waals surface area contributed by atoms with Crippen LogP contribution in [-0.2, 0) is 9.53 Å². The Morgan fingerprint density at radius 1 is 1.35 bits per heavy atom. The van der Waals surface area contributed by atoms with Crippen molar-refractivity contribution in [2.24, 2.45) is 11.8 Å². The summed E-state index contributed by atoms with van der Waals surface area (Å²) in [6.45, 7) is 10.4. The summed E-state index contributed by atoms with van der Waals surface area (Å²) in [5.41, 5.74) is 0. The van der Waals surface area contributed by atoms with Crippen LogP contribution in [0.4, 0.5) is 5.82 Å². The number of nitrogens with one attached hydrogen (secondary N) is 1. The summed E-state index contributed by atoms with van der Waals surface area (Å²) in [6, 6.07) is 0. The third-order valence-corrected chi connectivity index (χ3v) is 5.02. The van der Waals surface area contributed by atoms with E-state index in [4.69, 9.17) is 4.74 Å². The fraction of sp³-hybridized carbons (Fsp3) is 0.737. The maximum atomic E-state index is 12.6. The van der Waals surface area contributed by atoms with Gasteiger partial charge in [-0.3, -0.25) is 14.7 Å². The zero-order chi connectivity index (χ0) is 18.4. The van der Waals surface area contributed by atoms with E-state index in [2.05, 4.69) is 38.9 Å². The number of anilines is 1. The molecule has 2 unspecified atom stereocenters. The van der Waals surface area contributed by atoms with Crippen molar-refractivity contribution in [3.05, 3.63) is 18.6 Å². The highest BCUT2D eigenvalue weighted by molar-refractivity contribution is 5.79. The average molecular weight is 361 g/mol. The van der Waals surface area contributed by atoms with Crippen molar-refractivity contribution in [2.75, 3.05) is 50.8 Å². The molecule has 1 aromatic rings. The summed E-state index contributed by atoms with van der Waals surface area (Å²) >= 11 is 0. The lowest BCUT2D eigenvalue weighted by Gasteiger charge is -2.35. The molecule has 1 aromatic heterocycles. The van der Waals surface area contributed by atoms with Gasteiger partial charge in [-0.25, -0.2) is 4.98 Å². The number of hydrogen-bond donors (Lipinski definition) is 1. The largest absolute Gasteiger partial charge is 0.374 e. The van der Waals surface area contributed by atoms with Gasteiger partial charge in [-0.15, -0.1) is 0 Å². The molecule has 0 radical (unpaired) electrons. The van der Waals surface area contributed by atoms with Crippen LogP contribution in [0.5, 0.6) is 0 Å². The van der Waals surface area contributed by atoms with Crippen molar-refractivity contribution in [1.82, 2.24) is 20.2 Å². The topological polar surface area (TPSA) is 70.6 Å². The summed E-state index contributed by atoms with van der Waals surface area (Å²) < 4.78 is 5.83. The smallest absolute Gasteiger partial charge is 0.224 e. The standard InChI is InChI=1S/C19H31N5O2/c1-15(2)12-23-8-9-26-17(14-23)10-22-19(25)16-4-3-7-24(13-16)18-11-20-5-6-21-18/h5-6,11,15-17H,3-4,7-10,12-14H2,1-2H3,(H,22,25).